The average molecular weight is 252 g/mol. The maximum absolute atomic E-state index is 8.53. The molecule has 18 heavy (non-hydrogen) atoms. The van der Waals surface area contributed by atoms with Gasteiger partial charge in [-0.3, -0.25) is 4.98 Å². The zero-order valence-electron chi connectivity index (χ0n) is 10.5. The van der Waals surface area contributed by atoms with Gasteiger partial charge in [-0.2, -0.15) is 0 Å². The minimum atomic E-state index is 0.0459. The molecular weight excluding hydrogens is 232 g/mol. The van der Waals surface area contributed by atoms with Crippen molar-refractivity contribution in [3.63, 3.8) is 0 Å². The lowest BCUT2D eigenvalue weighted by atomic mass is 10.3. The maximum atomic E-state index is 8.53. The van der Waals surface area contributed by atoms with Crippen LogP contribution in [0.5, 0.6) is 5.75 Å². The van der Waals surface area contributed by atoms with Crippen LogP contribution in [0.1, 0.15) is 18.5 Å². The van der Waals surface area contributed by atoms with Crippen molar-refractivity contribution >= 4 is 0 Å². The highest BCUT2D eigenvalue weighted by Gasteiger charge is 2.19. The second kappa shape index (κ2) is 7.31. The predicted octanol–water partition coefficient (Wildman–Crippen LogP) is 0.721. The molecule has 0 spiro atoms. The number of rotatable bonds is 9. The van der Waals surface area contributed by atoms with Gasteiger partial charge in [0.25, 0.3) is 0 Å². The molecule has 1 saturated carbocycles. The first-order chi connectivity index (χ1) is 8.88. The van der Waals surface area contributed by atoms with Crippen molar-refractivity contribution in [2.75, 3.05) is 26.4 Å². The highest BCUT2D eigenvalue weighted by atomic mass is 16.5. The van der Waals surface area contributed by atoms with Gasteiger partial charge in [0.05, 0.1) is 31.7 Å². The van der Waals surface area contributed by atoms with Crippen LogP contribution < -0.4 is 10.1 Å². The molecule has 0 aromatic carbocycles. The lowest BCUT2D eigenvalue weighted by molar-refractivity contribution is 0.0704. The first kappa shape index (κ1) is 13.3. The number of hydrogen-bond donors (Lipinski definition) is 2. The quantitative estimate of drug-likeness (QED) is 0.634. The highest BCUT2D eigenvalue weighted by Crippen LogP contribution is 2.19. The summed E-state index contributed by atoms with van der Waals surface area (Å²) in [5.74, 6) is 0.748. The predicted molar refractivity (Wildman–Crippen MR) is 67.5 cm³/mol. The third-order valence-corrected chi connectivity index (χ3v) is 2.68. The third kappa shape index (κ3) is 5.00. The van der Waals surface area contributed by atoms with Crippen molar-refractivity contribution in [3.05, 3.63) is 24.0 Å². The number of aliphatic hydroxyl groups is 1. The summed E-state index contributed by atoms with van der Waals surface area (Å²) in [5, 5.41) is 11.9. The zero-order valence-corrected chi connectivity index (χ0v) is 10.5. The van der Waals surface area contributed by atoms with Gasteiger partial charge in [0.1, 0.15) is 12.4 Å². The first-order valence-electron chi connectivity index (χ1n) is 6.38. The lowest BCUT2D eigenvalue weighted by Crippen LogP contribution is -2.16. The van der Waals surface area contributed by atoms with Gasteiger partial charge in [-0.1, -0.05) is 0 Å². The second-order valence-electron chi connectivity index (χ2n) is 4.32. The maximum Gasteiger partial charge on any atom is 0.137 e. The molecule has 2 rings (SSSR count). The van der Waals surface area contributed by atoms with E-state index in [0.717, 1.165) is 18.0 Å². The number of aromatic nitrogens is 1. The average Bonchev–Trinajstić information content (AvgIpc) is 3.22. The SMILES string of the molecule is OCCOCCOc1ccc(CNC2CC2)nc1. The van der Waals surface area contributed by atoms with E-state index in [-0.39, 0.29) is 6.61 Å². The molecule has 0 saturated heterocycles. The van der Waals surface area contributed by atoms with Crippen LogP contribution in [0.2, 0.25) is 0 Å². The molecule has 0 atom stereocenters. The Hall–Kier alpha value is -1.17. The van der Waals surface area contributed by atoms with Crippen LogP contribution in [0.15, 0.2) is 18.3 Å². The summed E-state index contributed by atoms with van der Waals surface area (Å²) in [4.78, 5) is 4.33. The number of nitrogens with one attached hydrogen (secondary N) is 1. The van der Waals surface area contributed by atoms with Gasteiger partial charge in [-0.05, 0) is 25.0 Å². The van der Waals surface area contributed by atoms with Gasteiger partial charge >= 0.3 is 0 Å². The molecule has 5 nitrogen and oxygen atoms in total. The van der Waals surface area contributed by atoms with Crippen molar-refractivity contribution in [1.82, 2.24) is 10.3 Å². The summed E-state index contributed by atoms with van der Waals surface area (Å²) in [5.41, 5.74) is 1.03. The van der Waals surface area contributed by atoms with E-state index in [9.17, 15) is 0 Å². The molecule has 1 fully saturated rings. The largest absolute Gasteiger partial charge is 0.490 e. The molecule has 5 heteroatoms. The summed E-state index contributed by atoms with van der Waals surface area (Å²) in [6, 6.07) is 4.59. The van der Waals surface area contributed by atoms with Crippen molar-refractivity contribution in [2.45, 2.75) is 25.4 Å². The smallest absolute Gasteiger partial charge is 0.137 e. The molecule has 1 aliphatic carbocycles. The van der Waals surface area contributed by atoms with Crippen LogP contribution >= 0.6 is 0 Å². The minimum Gasteiger partial charge on any atom is -0.490 e. The van der Waals surface area contributed by atoms with Gasteiger partial charge in [-0.15, -0.1) is 0 Å². The molecular formula is C13H20N2O3. The number of ether oxygens (including phenoxy) is 2. The molecule has 0 aliphatic heterocycles. The summed E-state index contributed by atoms with van der Waals surface area (Å²) in [6.45, 7) is 2.18. The Bertz CT molecular complexity index is 339. The normalized spacial score (nSPS) is 14.7. The molecule has 0 bridgehead atoms. The van der Waals surface area contributed by atoms with Crippen molar-refractivity contribution in [3.8, 4) is 5.75 Å². The van der Waals surface area contributed by atoms with Crippen LogP contribution in [-0.4, -0.2) is 42.6 Å². The minimum absolute atomic E-state index is 0.0459. The third-order valence-electron chi connectivity index (χ3n) is 2.68. The molecule has 1 aromatic heterocycles. The summed E-state index contributed by atoms with van der Waals surface area (Å²) in [7, 11) is 0. The van der Waals surface area contributed by atoms with Crippen LogP contribution in [-0.2, 0) is 11.3 Å². The molecule has 0 radical (unpaired) electrons. The summed E-state index contributed by atoms with van der Waals surface area (Å²) < 4.78 is 10.6. The second-order valence-corrected chi connectivity index (χ2v) is 4.32. The first-order valence-corrected chi connectivity index (χ1v) is 6.38. The Labute approximate surface area is 107 Å². The molecule has 100 valence electrons. The van der Waals surface area contributed by atoms with Crippen LogP contribution in [0.4, 0.5) is 0 Å². The Morgan fingerprint density at radius 3 is 2.83 bits per heavy atom. The highest BCUT2D eigenvalue weighted by molar-refractivity contribution is 5.19. The Morgan fingerprint density at radius 1 is 1.28 bits per heavy atom. The van der Waals surface area contributed by atoms with Gasteiger partial charge < -0.3 is 19.9 Å². The number of nitrogens with zero attached hydrogens (tertiary/aromatic N) is 1. The topological polar surface area (TPSA) is 63.6 Å². The van der Waals surface area contributed by atoms with E-state index in [1.165, 1.54) is 12.8 Å². The van der Waals surface area contributed by atoms with E-state index in [1.807, 2.05) is 12.1 Å². The summed E-state index contributed by atoms with van der Waals surface area (Å²) in [6.07, 6.45) is 4.31. The Balaban J connectivity index is 1.63. The monoisotopic (exact) mass is 252 g/mol. The molecule has 2 N–H and O–H groups in total. The fourth-order valence-corrected chi connectivity index (χ4v) is 1.52. The molecule has 0 amide bonds. The lowest BCUT2D eigenvalue weighted by Gasteiger charge is -2.07. The zero-order chi connectivity index (χ0) is 12.6. The fourth-order valence-electron chi connectivity index (χ4n) is 1.52. The molecule has 1 aromatic rings. The molecule has 0 unspecified atom stereocenters. The van der Waals surface area contributed by atoms with Crippen LogP contribution in [0.25, 0.3) is 0 Å². The number of hydrogen-bond acceptors (Lipinski definition) is 5. The van der Waals surface area contributed by atoms with E-state index in [4.69, 9.17) is 14.6 Å². The van der Waals surface area contributed by atoms with Gasteiger partial charge in [0, 0.05) is 12.6 Å². The van der Waals surface area contributed by atoms with Gasteiger partial charge in [0.2, 0.25) is 0 Å². The Morgan fingerprint density at radius 2 is 2.17 bits per heavy atom. The van der Waals surface area contributed by atoms with E-state index in [1.54, 1.807) is 6.20 Å². The van der Waals surface area contributed by atoms with Crippen LogP contribution in [0, 0.1) is 0 Å². The number of aliphatic hydroxyl groups excluding tert-OH is 1. The van der Waals surface area contributed by atoms with Crippen molar-refractivity contribution in [2.24, 2.45) is 0 Å². The van der Waals surface area contributed by atoms with E-state index >= 15 is 0 Å². The molecule has 1 aliphatic rings. The van der Waals surface area contributed by atoms with Crippen molar-refractivity contribution < 1.29 is 14.6 Å². The fraction of sp³-hybridized carbons (Fsp3) is 0.615. The van der Waals surface area contributed by atoms with E-state index in [0.29, 0.717) is 25.9 Å². The number of pyridine rings is 1. The van der Waals surface area contributed by atoms with Gasteiger partial charge in [0.15, 0.2) is 0 Å². The standard InChI is InChI=1S/C13H20N2O3/c16-5-6-17-7-8-18-13-4-3-12(15-10-13)9-14-11-1-2-11/h3-4,10-11,14,16H,1-2,5-9H2. The van der Waals surface area contributed by atoms with E-state index < -0.39 is 0 Å². The van der Waals surface area contributed by atoms with Crippen LogP contribution in [0.3, 0.4) is 0 Å². The van der Waals surface area contributed by atoms with E-state index in [2.05, 4.69) is 10.3 Å². The molecule has 1 heterocycles. The summed E-state index contributed by atoms with van der Waals surface area (Å²) >= 11 is 0. The van der Waals surface area contributed by atoms with Crippen molar-refractivity contribution in [1.29, 1.82) is 0 Å². The Kier molecular flexibility index (Phi) is 5.38. The van der Waals surface area contributed by atoms with Gasteiger partial charge in [-0.25, -0.2) is 0 Å².